The van der Waals surface area contributed by atoms with Crippen LogP contribution < -0.4 is 10.6 Å². The van der Waals surface area contributed by atoms with Gasteiger partial charge in [-0.1, -0.05) is 42.5 Å². The molecule has 1 aliphatic heterocycles. The molecule has 162 valence electrons. The number of nitrogens with one attached hydrogen (secondary N) is 2. The highest BCUT2D eigenvalue weighted by Crippen LogP contribution is 2.32. The van der Waals surface area contributed by atoms with E-state index in [2.05, 4.69) is 27.7 Å². The van der Waals surface area contributed by atoms with Crippen LogP contribution in [0.2, 0.25) is 0 Å². The van der Waals surface area contributed by atoms with E-state index in [4.69, 9.17) is 0 Å². The van der Waals surface area contributed by atoms with E-state index in [1.807, 2.05) is 42.5 Å². The summed E-state index contributed by atoms with van der Waals surface area (Å²) in [6.45, 7) is 3.90. The molecule has 3 nitrogen and oxygen atoms in total. The highest BCUT2D eigenvalue weighted by molar-refractivity contribution is 5.85. The Morgan fingerprint density at radius 3 is 2.14 bits per heavy atom. The van der Waals surface area contributed by atoms with Crippen molar-refractivity contribution in [3.8, 4) is 0 Å². The number of rotatable bonds is 7. The third-order valence-corrected chi connectivity index (χ3v) is 4.93. The molecule has 2 aromatic rings. The van der Waals surface area contributed by atoms with Crippen LogP contribution in [0, 0.1) is 0 Å². The number of hydrogen-bond donors (Lipinski definition) is 2. The molecule has 1 heterocycles. The Morgan fingerprint density at radius 2 is 1.55 bits per heavy atom. The molecule has 8 heteroatoms. The normalized spacial score (nSPS) is 15.7. The van der Waals surface area contributed by atoms with Crippen molar-refractivity contribution >= 4 is 30.5 Å². The van der Waals surface area contributed by atoms with Gasteiger partial charge in [0.05, 0.1) is 0 Å². The van der Waals surface area contributed by atoms with Crippen molar-refractivity contribution in [3.05, 3.63) is 65.7 Å². The van der Waals surface area contributed by atoms with Gasteiger partial charge in [0.1, 0.15) is 0 Å². The largest absolute Gasteiger partial charge is 0.389 e. The summed E-state index contributed by atoms with van der Waals surface area (Å²) < 4.78 is 38.4. The first-order valence-corrected chi connectivity index (χ1v) is 9.40. The van der Waals surface area contributed by atoms with Crippen LogP contribution in [-0.2, 0) is 6.54 Å². The van der Waals surface area contributed by atoms with Crippen LogP contribution in [0.25, 0.3) is 0 Å². The Hall–Kier alpha value is -1.47. The lowest BCUT2D eigenvalue weighted by Crippen LogP contribution is -2.45. The lowest BCUT2D eigenvalue weighted by molar-refractivity contribution is -0.138. The highest BCUT2D eigenvalue weighted by Gasteiger charge is 2.31. The van der Waals surface area contributed by atoms with Crippen LogP contribution in [0.1, 0.15) is 30.0 Å². The third-order valence-electron chi connectivity index (χ3n) is 4.93. The number of hydrogen-bond acceptors (Lipinski definition) is 3. The molecule has 2 N–H and O–H groups in total. The van der Waals surface area contributed by atoms with E-state index in [9.17, 15) is 13.2 Å². The first-order chi connectivity index (χ1) is 13.0. The van der Waals surface area contributed by atoms with Gasteiger partial charge < -0.3 is 10.6 Å². The van der Waals surface area contributed by atoms with Crippen molar-refractivity contribution < 1.29 is 13.2 Å². The molecule has 0 unspecified atom stereocenters. The standard InChI is InChI=1S/C21H26F3N3.2ClH/c22-21(23,24)11-10-20(27-14-12-25-13-15-27)18-6-8-19(9-7-18)26-16-17-4-2-1-3-5-17;;/h1-9,20,25-26H,10-16H2;2*1H/t20-;;/m1../s1. The molecule has 0 radical (unpaired) electrons. The number of piperazine rings is 1. The van der Waals surface area contributed by atoms with Crippen LogP contribution >= 0.6 is 24.8 Å². The molecular weight excluding hydrogens is 422 g/mol. The molecule has 29 heavy (non-hydrogen) atoms. The Labute approximate surface area is 182 Å². The predicted molar refractivity (Wildman–Crippen MR) is 117 cm³/mol. The van der Waals surface area contributed by atoms with Crippen LogP contribution in [-0.4, -0.2) is 37.3 Å². The van der Waals surface area contributed by atoms with E-state index in [1.165, 1.54) is 5.56 Å². The third kappa shape index (κ3) is 8.42. The number of anilines is 1. The monoisotopic (exact) mass is 449 g/mol. The Balaban J connectivity index is 0.00000210. The number of nitrogens with zero attached hydrogens (tertiary/aromatic N) is 1. The van der Waals surface area contributed by atoms with Gasteiger partial charge in [-0.05, 0) is 29.7 Å². The Morgan fingerprint density at radius 1 is 0.931 bits per heavy atom. The molecule has 0 aromatic heterocycles. The summed E-state index contributed by atoms with van der Waals surface area (Å²) in [6.07, 6.45) is -4.78. The average Bonchev–Trinajstić information content (AvgIpc) is 2.68. The van der Waals surface area contributed by atoms with Crippen LogP contribution in [0.4, 0.5) is 18.9 Å². The second-order valence-corrected chi connectivity index (χ2v) is 6.92. The molecule has 1 aliphatic rings. The topological polar surface area (TPSA) is 27.3 Å². The molecule has 0 saturated carbocycles. The number of halogens is 5. The van der Waals surface area contributed by atoms with Gasteiger partial charge >= 0.3 is 6.18 Å². The molecule has 3 rings (SSSR count). The molecule has 0 bridgehead atoms. The fraction of sp³-hybridized carbons (Fsp3) is 0.429. The lowest BCUT2D eigenvalue weighted by atomic mass is 9.99. The molecular formula is C21H28Cl2F3N3. The van der Waals surface area contributed by atoms with Crippen molar-refractivity contribution in [1.82, 2.24) is 10.2 Å². The van der Waals surface area contributed by atoms with Crippen molar-refractivity contribution in [1.29, 1.82) is 0 Å². The van der Waals surface area contributed by atoms with E-state index < -0.39 is 12.6 Å². The SMILES string of the molecule is Cl.Cl.FC(F)(F)CC[C@H](c1ccc(NCc2ccccc2)cc1)N1CCNCC1. The maximum atomic E-state index is 12.8. The van der Waals surface area contributed by atoms with Crippen LogP contribution in [0.3, 0.4) is 0 Å². The first kappa shape index (κ1) is 25.6. The summed E-state index contributed by atoms with van der Waals surface area (Å²) in [5.41, 5.74) is 3.11. The quantitative estimate of drug-likeness (QED) is 0.589. The molecule has 0 aliphatic carbocycles. The van der Waals surface area contributed by atoms with Crippen molar-refractivity contribution in [2.45, 2.75) is 31.6 Å². The second-order valence-electron chi connectivity index (χ2n) is 6.92. The summed E-state index contributed by atoms with van der Waals surface area (Å²) in [7, 11) is 0. The van der Waals surface area contributed by atoms with Gasteiger partial charge in [-0.15, -0.1) is 24.8 Å². The van der Waals surface area contributed by atoms with Crippen molar-refractivity contribution in [3.63, 3.8) is 0 Å². The van der Waals surface area contributed by atoms with Gasteiger partial charge in [-0.25, -0.2) is 0 Å². The van der Waals surface area contributed by atoms with Gasteiger partial charge in [0.25, 0.3) is 0 Å². The Bertz CT molecular complexity index is 691. The molecule has 0 spiro atoms. The van der Waals surface area contributed by atoms with Crippen LogP contribution in [0.5, 0.6) is 0 Å². The first-order valence-electron chi connectivity index (χ1n) is 9.40. The van der Waals surface area contributed by atoms with Gasteiger partial charge in [-0.2, -0.15) is 13.2 Å². The summed E-state index contributed by atoms with van der Waals surface area (Å²) in [6, 6.07) is 17.7. The summed E-state index contributed by atoms with van der Waals surface area (Å²) in [4.78, 5) is 2.16. The van der Waals surface area contributed by atoms with Crippen LogP contribution in [0.15, 0.2) is 54.6 Å². The second kappa shape index (κ2) is 12.3. The molecule has 2 aromatic carbocycles. The van der Waals surface area contributed by atoms with E-state index >= 15 is 0 Å². The van der Waals surface area contributed by atoms with Gasteiger partial charge in [0, 0.05) is 50.9 Å². The minimum absolute atomic E-state index is 0. The minimum Gasteiger partial charge on any atom is -0.381 e. The van der Waals surface area contributed by atoms with E-state index in [-0.39, 0.29) is 37.3 Å². The minimum atomic E-state index is -4.12. The van der Waals surface area contributed by atoms with E-state index in [0.717, 1.165) is 44.0 Å². The van der Waals surface area contributed by atoms with Crippen molar-refractivity contribution in [2.24, 2.45) is 0 Å². The number of benzene rings is 2. The summed E-state index contributed by atoms with van der Waals surface area (Å²) >= 11 is 0. The van der Waals surface area contributed by atoms with Crippen molar-refractivity contribution in [2.75, 3.05) is 31.5 Å². The zero-order chi connectivity index (χ0) is 19.1. The molecule has 0 amide bonds. The van der Waals surface area contributed by atoms with Gasteiger partial charge in [0.2, 0.25) is 0 Å². The average molecular weight is 450 g/mol. The molecule has 1 saturated heterocycles. The van der Waals surface area contributed by atoms with E-state index in [0.29, 0.717) is 0 Å². The zero-order valence-corrected chi connectivity index (χ0v) is 17.8. The summed E-state index contributed by atoms with van der Waals surface area (Å²) in [5, 5.41) is 6.62. The maximum Gasteiger partial charge on any atom is 0.389 e. The smallest absolute Gasteiger partial charge is 0.381 e. The van der Waals surface area contributed by atoms with E-state index in [1.54, 1.807) is 0 Å². The fourth-order valence-corrected chi connectivity index (χ4v) is 3.48. The number of alkyl halides is 3. The lowest BCUT2D eigenvalue weighted by Gasteiger charge is -2.35. The summed E-state index contributed by atoms with van der Waals surface area (Å²) in [5.74, 6) is 0. The molecule has 1 atom stereocenters. The highest BCUT2D eigenvalue weighted by atomic mass is 35.5. The zero-order valence-electron chi connectivity index (χ0n) is 16.1. The Kier molecular flexibility index (Phi) is 10.8. The maximum absolute atomic E-state index is 12.8. The predicted octanol–water partition coefficient (Wildman–Crippen LogP) is 5.43. The molecule has 1 fully saturated rings. The van der Waals surface area contributed by atoms with Gasteiger partial charge in [-0.3, -0.25) is 4.90 Å². The fourth-order valence-electron chi connectivity index (χ4n) is 3.48. The van der Waals surface area contributed by atoms with Gasteiger partial charge in [0.15, 0.2) is 0 Å².